The Morgan fingerprint density at radius 2 is 2.18 bits per heavy atom. The van der Waals surface area contributed by atoms with Crippen LogP contribution in [0.3, 0.4) is 0 Å². The number of hydrogen-bond donors (Lipinski definition) is 0. The molecule has 1 aromatic rings. The molecule has 0 aromatic carbocycles. The number of ketones is 1. The van der Waals surface area contributed by atoms with Crippen molar-refractivity contribution < 1.29 is 14.1 Å². The van der Waals surface area contributed by atoms with E-state index >= 15 is 0 Å². The molecule has 0 saturated carbocycles. The van der Waals surface area contributed by atoms with Crippen LogP contribution in [0, 0.1) is 0 Å². The fourth-order valence-electron chi connectivity index (χ4n) is 1.99. The Bertz CT molecular complexity index is 383. The zero-order valence-corrected chi connectivity index (χ0v) is 10.3. The van der Waals surface area contributed by atoms with Gasteiger partial charge in [0.05, 0.1) is 5.92 Å². The molecule has 94 valence electrons. The topological polar surface area (TPSA) is 65.2 Å². The number of hydrogen-bond acceptors (Lipinski definition) is 5. The van der Waals surface area contributed by atoms with E-state index in [0.29, 0.717) is 18.2 Å². The monoisotopic (exact) mass is 238 g/mol. The zero-order valence-electron chi connectivity index (χ0n) is 10.3. The number of nitrogens with zero attached hydrogens (tertiary/aromatic N) is 2. The van der Waals surface area contributed by atoms with Gasteiger partial charge in [0.1, 0.15) is 5.78 Å². The fraction of sp³-hybridized carbons (Fsp3) is 0.750. The van der Waals surface area contributed by atoms with Crippen LogP contribution in [0.25, 0.3) is 0 Å². The number of carbonyl (C=O) groups is 1. The Balaban J connectivity index is 2.06. The van der Waals surface area contributed by atoms with Gasteiger partial charge in [-0.15, -0.1) is 0 Å². The van der Waals surface area contributed by atoms with Gasteiger partial charge < -0.3 is 9.26 Å². The van der Waals surface area contributed by atoms with E-state index < -0.39 is 0 Å². The number of aromatic nitrogens is 2. The minimum absolute atomic E-state index is 0.132. The quantitative estimate of drug-likeness (QED) is 0.803. The third-order valence-electron chi connectivity index (χ3n) is 3.25. The zero-order chi connectivity index (χ0) is 12.3. The summed E-state index contributed by atoms with van der Waals surface area (Å²) in [6, 6.07) is 0. The van der Waals surface area contributed by atoms with Gasteiger partial charge in [0.25, 0.3) is 0 Å². The first-order chi connectivity index (χ1) is 8.22. The number of rotatable bonds is 4. The van der Waals surface area contributed by atoms with E-state index in [1.165, 1.54) is 0 Å². The molecule has 5 nitrogen and oxygen atoms in total. The van der Waals surface area contributed by atoms with Crippen LogP contribution in [0.4, 0.5) is 0 Å². The Labute approximate surface area is 101 Å². The average Bonchev–Trinajstić information content (AvgIpc) is 2.87. The maximum atomic E-state index is 11.5. The van der Waals surface area contributed by atoms with Crippen molar-refractivity contribution in [1.82, 2.24) is 10.1 Å². The first-order valence-electron chi connectivity index (χ1n) is 6.16. The molecule has 0 bridgehead atoms. The van der Waals surface area contributed by atoms with Gasteiger partial charge in [-0.05, 0) is 19.8 Å². The molecule has 1 aromatic heterocycles. The van der Waals surface area contributed by atoms with Gasteiger partial charge in [-0.25, -0.2) is 0 Å². The van der Waals surface area contributed by atoms with Crippen molar-refractivity contribution in [2.45, 2.75) is 44.9 Å². The highest BCUT2D eigenvalue weighted by Gasteiger charge is 2.25. The van der Waals surface area contributed by atoms with Crippen molar-refractivity contribution in [2.75, 3.05) is 13.2 Å². The fourth-order valence-corrected chi connectivity index (χ4v) is 1.99. The lowest BCUT2D eigenvalue weighted by molar-refractivity contribution is -0.120. The second-order valence-corrected chi connectivity index (χ2v) is 4.42. The second-order valence-electron chi connectivity index (χ2n) is 4.42. The molecule has 1 unspecified atom stereocenters. The summed E-state index contributed by atoms with van der Waals surface area (Å²) < 4.78 is 10.5. The van der Waals surface area contributed by atoms with Crippen molar-refractivity contribution in [1.29, 1.82) is 0 Å². The summed E-state index contributed by atoms with van der Waals surface area (Å²) in [6.45, 7) is 5.15. The summed E-state index contributed by atoms with van der Waals surface area (Å²) >= 11 is 0. The molecular weight excluding hydrogens is 220 g/mol. The predicted molar refractivity (Wildman–Crippen MR) is 60.8 cm³/mol. The van der Waals surface area contributed by atoms with Crippen LogP contribution < -0.4 is 0 Å². The first-order valence-corrected chi connectivity index (χ1v) is 6.16. The van der Waals surface area contributed by atoms with Crippen molar-refractivity contribution in [3.05, 3.63) is 11.7 Å². The van der Waals surface area contributed by atoms with Crippen LogP contribution in [0.5, 0.6) is 0 Å². The minimum Gasteiger partial charge on any atom is -0.381 e. The van der Waals surface area contributed by atoms with Crippen molar-refractivity contribution in [3.63, 3.8) is 0 Å². The molecule has 1 aliphatic rings. The summed E-state index contributed by atoms with van der Waals surface area (Å²) in [5.74, 6) is 1.32. The van der Waals surface area contributed by atoms with Gasteiger partial charge in [0.2, 0.25) is 5.89 Å². The largest absolute Gasteiger partial charge is 0.381 e. The molecule has 1 aliphatic heterocycles. The van der Waals surface area contributed by atoms with E-state index in [0.717, 1.165) is 31.9 Å². The van der Waals surface area contributed by atoms with Gasteiger partial charge in [0, 0.05) is 25.6 Å². The molecule has 0 aliphatic carbocycles. The Morgan fingerprint density at radius 1 is 1.47 bits per heavy atom. The Hall–Kier alpha value is -1.23. The van der Waals surface area contributed by atoms with Crippen molar-refractivity contribution >= 4 is 5.78 Å². The summed E-state index contributed by atoms with van der Waals surface area (Å²) in [5, 5.41) is 3.98. The highest BCUT2D eigenvalue weighted by atomic mass is 16.5. The molecule has 2 heterocycles. The molecule has 1 atom stereocenters. The highest BCUT2D eigenvalue weighted by Crippen LogP contribution is 2.26. The van der Waals surface area contributed by atoms with Crippen LogP contribution in [-0.2, 0) is 9.53 Å². The molecule has 1 saturated heterocycles. The molecule has 2 rings (SSSR count). The first kappa shape index (κ1) is 12.2. The smallest absolute Gasteiger partial charge is 0.236 e. The summed E-state index contributed by atoms with van der Waals surface area (Å²) in [6.07, 6.45) is 2.35. The van der Waals surface area contributed by atoms with Gasteiger partial charge in [-0.2, -0.15) is 4.98 Å². The SMILES string of the molecule is CCC(=O)C(C)c1nc(C2CCOCC2)no1. The van der Waals surface area contributed by atoms with Crippen molar-refractivity contribution in [2.24, 2.45) is 0 Å². The Morgan fingerprint density at radius 3 is 2.82 bits per heavy atom. The lowest BCUT2D eigenvalue weighted by Crippen LogP contribution is -2.15. The summed E-state index contributed by atoms with van der Waals surface area (Å²) in [4.78, 5) is 15.9. The molecule has 17 heavy (non-hydrogen) atoms. The minimum atomic E-state index is -0.291. The van der Waals surface area contributed by atoms with Crippen molar-refractivity contribution in [3.8, 4) is 0 Å². The van der Waals surface area contributed by atoms with E-state index in [4.69, 9.17) is 9.26 Å². The van der Waals surface area contributed by atoms with Gasteiger partial charge in [0.15, 0.2) is 5.82 Å². The molecule has 0 spiro atoms. The van der Waals surface area contributed by atoms with E-state index in [2.05, 4.69) is 10.1 Å². The van der Waals surface area contributed by atoms with E-state index in [9.17, 15) is 4.79 Å². The number of carbonyl (C=O) groups excluding carboxylic acids is 1. The predicted octanol–water partition coefficient (Wildman–Crippen LogP) is 2.05. The van der Waals surface area contributed by atoms with E-state index in [-0.39, 0.29) is 11.7 Å². The third kappa shape index (κ3) is 2.72. The standard InChI is InChI=1S/C12H18N2O3/c1-3-10(15)8(2)12-13-11(14-17-12)9-4-6-16-7-5-9/h8-9H,3-7H2,1-2H3. The summed E-state index contributed by atoms with van der Waals surface area (Å²) in [7, 11) is 0. The Kier molecular flexibility index (Phi) is 3.89. The molecule has 0 amide bonds. The lowest BCUT2D eigenvalue weighted by Gasteiger charge is -2.18. The van der Waals surface area contributed by atoms with Crippen LogP contribution in [-0.4, -0.2) is 29.1 Å². The third-order valence-corrected chi connectivity index (χ3v) is 3.25. The second kappa shape index (κ2) is 5.40. The number of Topliss-reactive ketones (excluding diaryl/α,β-unsaturated/α-hetero) is 1. The van der Waals surface area contributed by atoms with Crippen LogP contribution >= 0.6 is 0 Å². The van der Waals surface area contributed by atoms with Gasteiger partial charge >= 0.3 is 0 Å². The van der Waals surface area contributed by atoms with Gasteiger partial charge in [-0.3, -0.25) is 4.79 Å². The summed E-state index contributed by atoms with van der Waals surface area (Å²) in [5.41, 5.74) is 0. The maximum absolute atomic E-state index is 11.5. The van der Waals surface area contributed by atoms with Crippen LogP contribution in [0.2, 0.25) is 0 Å². The molecular formula is C12H18N2O3. The number of ether oxygens (including phenoxy) is 1. The molecule has 0 radical (unpaired) electrons. The van der Waals surface area contributed by atoms with E-state index in [1.54, 1.807) is 0 Å². The van der Waals surface area contributed by atoms with Crippen LogP contribution in [0.15, 0.2) is 4.52 Å². The van der Waals surface area contributed by atoms with Gasteiger partial charge in [-0.1, -0.05) is 12.1 Å². The molecule has 5 heteroatoms. The maximum Gasteiger partial charge on any atom is 0.236 e. The lowest BCUT2D eigenvalue weighted by atomic mass is 9.99. The molecule has 0 N–H and O–H groups in total. The normalized spacial score (nSPS) is 19.2. The highest BCUT2D eigenvalue weighted by molar-refractivity contribution is 5.83. The molecule has 1 fully saturated rings. The van der Waals surface area contributed by atoms with E-state index in [1.807, 2.05) is 13.8 Å². The average molecular weight is 238 g/mol. The van der Waals surface area contributed by atoms with Crippen LogP contribution in [0.1, 0.15) is 56.7 Å².